The first-order chi connectivity index (χ1) is 14.1. The van der Waals surface area contributed by atoms with Gasteiger partial charge in [0.05, 0.1) is 28.3 Å². The lowest BCUT2D eigenvalue weighted by Gasteiger charge is -2.31. The molecule has 0 aromatic carbocycles. The number of rotatable bonds is 4. The summed E-state index contributed by atoms with van der Waals surface area (Å²) in [4.78, 5) is 13.1. The van der Waals surface area contributed by atoms with Gasteiger partial charge in [-0.2, -0.15) is 0 Å². The summed E-state index contributed by atoms with van der Waals surface area (Å²) >= 11 is 0. The van der Waals surface area contributed by atoms with Crippen LogP contribution in [-0.2, 0) is 26.9 Å². The quantitative estimate of drug-likeness (QED) is 0.721. The number of aryl methyl sites for hydroxylation is 1. The number of aromatic nitrogens is 1. The van der Waals surface area contributed by atoms with Crippen molar-refractivity contribution in [2.24, 2.45) is 7.05 Å². The number of nitrogens with one attached hydrogen (secondary N) is 1. The van der Waals surface area contributed by atoms with Crippen molar-refractivity contribution in [1.82, 2.24) is 14.2 Å². The molecule has 0 spiro atoms. The number of hydrogen-bond acceptors (Lipinski definition) is 6. The van der Waals surface area contributed by atoms with Crippen molar-refractivity contribution in [3.05, 3.63) is 57.2 Å². The number of fused-ring (bicyclic) bond motifs is 2. The Balaban J connectivity index is 1.79. The lowest BCUT2D eigenvalue weighted by atomic mass is 9.92. The van der Waals surface area contributed by atoms with E-state index in [1.165, 1.54) is 8.87 Å². The van der Waals surface area contributed by atoms with Gasteiger partial charge in [-0.3, -0.25) is 9.10 Å². The average molecular weight is 450 g/mol. The molecule has 1 aromatic heterocycles. The molecule has 0 radical (unpaired) electrons. The van der Waals surface area contributed by atoms with Crippen molar-refractivity contribution in [1.29, 1.82) is 0 Å². The molecule has 1 fully saturated rings. The minimum Gasteiger partial charge on any atom is -0.384 e. The van der Waals surface area contributed by atoms with Crippen LogP contribution in [0.25, 0.3) is 11.3 Å². The van der Waals surface area contributed by atoms with Gasteiger partial charge in [-0.25, -0.2) is 16.8 Å². The highest BCUT2D eigenvalue weighted by Crippen LogP contribution is 2.45. The summed E-state index contributed by atoms with van der Waals surface area (Å²) in [6.45, 7) is 0.528. The molecular formula is C20H23N3O5S2. The summed E-state index contributed by atoms with van der Waals surface area (Å²) in [7, 11) is -5.20. The largest absolute Gasteiger partial charge is 0.384 e. The Kier molecular flexibility index (Phi) is 4.14. The molecule has 2 aliphatic heterocycles. The van der Waals surface area contributed by atoms with Crippen LogP contribution in [0.3, 0.4) is 0 Å². The molecule has 1 N–H and O–H groups in total. The lowest BCUT2D eigenvalue weighted by molar-refractivity contribution is 0.425. The van der Waals surface area contributed by atoms with Crippen LogP contribution in [0.4, 0.5) is 0 Å². The standard InChI is InChI=1S/C20H23N3O5S2/c1-22-8-6-15-13(11-29(2,25)26)9-12-10-23(30(27,28)14-3-4-14)16-5-7-21-19(17(12)16)18(15)20(22)24/h6,8-10,14,16,21H,3-5,7,11H2,1-2H3. The molecule has 0 saturated heterocycles. The van der Waals surface area contributed by atoms with Crippen LogP contribution < -0.4 is 10.9 Å². The zero-order valence-electron chi connectivity index (χ0n) is 16.8. The highest BCUT2D eigenvalue weighted by Gasteiger charge is 2.47. The van der Waals surface area contributed by atoms with E-state index in [1.54, 1.807) is 31.6 Å². The van der Waals surface area contributed by atoms with E-state index in [-0.39, 0.29) is 22.6 Å². The van der Waals surface area contributed by atoms with E-state index in [9.17, 15) is 21.6 Å². The third-order valence-corrected chi connectivity index (χ3v) is 9.15. The summed E-state index contributed by atoms with van der Waals surface area (Å²) in [5.41, 5.74) is 3.27. The lowest BCUT2D eigenvalue weighted by Crippen LogP contribution is -2.42. The van der Waals surface area contributed by atoms with E-state index in [0.29, 0.717) is 53.8 Å². The Bertz CT molecular complexity index is 1330. The highest BCUT2D eigenvalue weighted by atomic mass is 32.2. The van der Waals surface area contributed by atoms with Crippen molar-refractivity contribution in [3.63, 3.8) is 0 Å². The van der Waals surface area contributed by atoms with Gasteiger partial charge in [0.25, 0.3) is 5.56 Å². The molecule has 160 valence electrons. The molecule has 3 heterocycles. The fourth-order valence-corrected chi connectivity index (χ4v) is 7.27. The molecule has 10 heteroatoms. The van der Waals surface area contributed by atoms with Crippen LogP contribution in [0.1, 0.15) is 30.4 Å². The maximum Gasteiger partial charge on any atom is 0.260 e. The third kappa shape index (κ3) is 2.96. The fourth-order valence-electron chi connectivity index (χ4n) is 4.56. The molecule has 1 aromatic rings. The van der Waals surface area contributed by atoms with Crippen molar-refractivity contribution >= 4 is 31.1 Å². The van der Waals surface area contributed by atoms with E-state index >= 15 is 0 Å². The SMILES string of the molecule is Cn1ccc2c(c1=O)C1=C3C(=CN(S(=O)(=O)C4CC4)C3CCN1)C=C2CS(C)(=O)=O. The fraction of sp³-hybridized carbons (Fsp3) is 0.450. The predicted molar refractivity (Wildman–Crippen MR) is 115 cm³/mol. The first kappa shape index (κ1) is 19.6. The van der Waals surface area contributed by atoms with Crippen LogP contribution in [0.5, 0.6) is 0 Å². The summed E-state index contributed by atoms with van der Waals surface area (Å²) in [5, 5.41) is 2.96. The van der Waals surface area contributed by atoms with Gasteiger partial charge in [0, 0.05) is 37.8 Å². The predicted octanol–water partition coefficient (Wildman–Crippen LogP) is 0.592. The maximum atomic E-state index is 13.1. The van der Waals surface area contributed by atoms with Crippen molar-refractivity contribution in [3.8, 4) is 0 Å². The highest BCUT2D eigenvalue weighted by molar-refractivity contribution is 7.91. The molecule has 8 nitrogen and oxygen atoms in total. The van der Waals surface area contributed by atoms with Gasteiger partial charge < -0.3 is 9.88 Å². The van der Waals surface area contributed by atoms with Crippen molar-refractivity contribution < 1.29 is 16.8 Å². The monoisotopic (exact) mass is 449 g/mol. The number of nitrogens with zero attached hydrogens (tertiary/aromatic N) is 2. The van der Waals surface area contributed by atoms with E-state index in [1.807, 2.05) is 0 Å². The van der Waals surface area contributed by atoms with Gasteiger partial charge in [0.1, 0.15) is 0 Å². The summed E-state index contributed by atoms with van der Waals surface area (Å²) in [6, 6.07) is 1.38. The molecule has 0 amide bonds. The normalized spacial score (nSPS) is 23.3. The van der Waals surface area contributed by atoms with Gasteiger partial charge in [-0.05, 0) is 48.1 Å². The van der Waals surface area contributed by atoms with Crippen LogP contribution in [0, 0.1) is 0 Å². The summed E-state index contributed by atoms with van der Waals surface area (Å²) < 4.78 is 53.3. The zero-order chi connectivity index (χ0) is 21.4. The van der Waals surface area contributed by atoms with Gasteiger partial charge >= 0.3 is 0 Å². The van der Waals surface area contributed by atoms with Gasteiger partial charge in [0.15, 0.2) is 9.84 Å². The number of sulfone groups is 1. The second-order valence-electron chi connectivity index (χ2n) is 8.44. The van der Waals surface area contributed by atoms with E-state index in [2.05, 4.69) is 5.32 Å². The second-order valence-corrected chi connectivity index (χ2v) is 12.7. The second kappa shape index (κ2) is 6.34. The molecular weight excluding hydrogens is 426 g/mol. The van der Waals surface area contributed by atoms with Crippen molar-refractivity contribution in [2.75, 3.05) is 18.6 Å². The Morgan fingerprint density at radius 3 is 2.57 bits per heavy atom. The summed E-state index contributed by atoms with van der Waals surface area (Å²) in [5.74, 6) is -0.231. The molecule has 30 heavy (non-hydrogen) atoms. The maximum absolute atomic E-state index is 13.1. The van der Waals surface area contributed by atoms with Crippen LogP contribution in [0.2, 0.25) is 0 Å². The van der Waals surface area contributed by atoms with Crippen LogP contribution >= 0.6 is 0 Å². The topological polar surface area (TPSA) is 106 Å². The molecule has 1 saturated carbocycles. The Morgan fingerprint density at radius 2 is 1.90 bits per heavy atom. The number of pyridine rings is 1. The smallest absolute Gasteiger partial charge is 0.260 e. The van der Waals surface area contributed by atoms with Gasteiger partial charge in [0.2, 0.25) is 10.0 Å². The van der Waals surface area contributed by atoms with Crippen molar-refractivity contribution in [2.45, 2.75) is 30.6 Å². The number of hydrogen-bond donors (Lipinski definition) is 1. The number of sulfonamides is 1. The van der Waals surface area contributed by atoms with Crippen LogP contribution in [0.15, 0.2) is 40.5 Å². The Hall–Kier alpha value is -2.33. The first-order valence-corrected chi connectivity index (χ1v) is 13.5. The molecule has 4 aliphatic rings. The average Bonchev–Trinajstić information content (AvgIpc) is 3.46. The van der Waals surface area contributed by atoms with E-state index in [4.69, 9.17) is 0 Å². The van der Waals surface area contributed by atoms with Gasteiger partial charge in [-0.1, -0.05) is 0 Å². The van der Waals surface area contributed by atoms with E-state index < -0.39 is 19.9 Å². The minimum absolute atomic E-state index is 0.231. The van der Waals surface area contributed by atoms with E-state index in [0.717, 1.165) is 11.8 Å². The summed E-state index contributed by atoms with van der Waals surface area (Å²) in [6.07, 6.45) is 8.06. The third-order valence-electron chi connectivity index (χ3n) is 6.06. The molecule has 1 unspecified atom stereocenters. The first-order valence-electron chi connectivity index (χ1n) is 9.89. The molecule has 5 rings (SSSR count). The molecule has 2 aliphatic carbocycles. The van der Waals surface area contributed by atoms with Gasteiger partial charge in [-0.15, -0.1) is 0 Å². The molecule has 1 atom stereocenters. The minimum atomic E-state index is -3.47. The molecule has 0 bridgehead atoms. The van der Waals surface area contributed by atoms with Crippen LogP contribution in [-0.4, -0.2) is 55.6 Å². The number of allylic oxidation sites excluding steroid dienone is 1. The Labute approximate surface area is 175 Å². The zero-order valence-corrected chi connectivity index (χ0v) is 18.4. The Morgan fingerprint density at radius 1 is 1.17 bits per heavy atom.